The van der Waals surface area contributed by atoms with Gasteiger partial charge in [0.15, 0.2) is 0 Å². The number of hydrogen-bond acceptors (Lipinski definition) is 6. The highest BCUT2D eigenvalue weighted by Gasteiger charge is 2.70. The van der Waals surface area contributed by atoms with Gasteiger partial charge in [0.05, 0.1) is 39.6 Å². The number of anilines is 1. The number of fused-ring (bicyclic) bond motifs is 9. The Labute approximate surface area is 195 Å². The van der Waals surface area contributed by atoms with Crippen molar-refractivity contribution in [2.75, 3.05) is 4.90 Å². The van der Waals surface area contributed by atoms with Gasteiger partial charge in [0.25, 0.3) is 0 Å². The van der Waals surface area contributed by atoms with Gasteiger partial charge < -0.3 is 9.40 Å². The Morgan fingerprint density at radius 1 is 1.03 bits per heavy atom. The van der Waals surface area contributed by atoms with Crippen LogP contribution in [0.3, 0.4) is 0 Å². The summed E-state index contributed by atoms with van der Waals surface area (Å²) in [5, 5.41) is 1.62. The van der Waals surface area contributed by atoms with Gasteiger partial charge in [-0.3, -0.25) is 19.3 Å². The molecule has 2 aliphatic carbocycles. The fourth-order valence-electron chi connectivity index (χ4n) is 6.65. The fourth-order valence-corrected chi connectivity index (χ4v) is 9.64. The van der Waals surface area contributed by atoms with E-state index in [4.69, 9.17) is 16.0 Å². The lowest BCUT2D eigenvalue weighted by atomic mass is 9.69. The lowest BCUT2D eigenvalue weighted by Gasteiger charge is -2.42. The number of thiazole rings is 1. The van der Waals surface area contributed by atoms with Crippen LogP contribution in [0.5, 0.6) is 0 Å². The Kier molecular flexibility index (Phi) is 3.97. The van der Waals surface area contributed by atoms with Gasteiger partial charge in [-0.1, -0.05) is 22.9 Å². The predicted octanol–water partition coefficient (Wildman–Crippen LogP) is 4.36. The minimum atomic E-state index is -0.320. The van der Waals surface area contributed by atoms with Crippen molar-refractivity contribution in [3.8, 4) is 0 Å². The maximum absolute atomic E-state index is 13.6. The minimum Gasteiger partial charge on any atom is -0.469 e. The van der Waals surface area contributed by atoms with Crippen molar-refractivity contribution < 1.29 is 14.0 Å². The fraction of sp³-hybridized carbons (Fsp3) is 0.348. The maximum atomic E-state index is 13.6. The van der Waals surface area contributed by atoms with Crippen molar-refractivity contribution in [2.24, 2.45) is 29.6 Å². The second-order valence-corrected chi connectivity index (χ2v) is 11.6. The average molecular weight is 485 g/mol. The van der Waals surface area contributed by atoms with Crippen molar-refractivity contribution in [2.45, 2.75) is 22.6 Å². The molecule has 3 aromatic rings. The Morgan fingerprint density at radius 2 is 1.78 bits per heavy atom. The van der Waals surface area contributed by atoms with Crippen molar-refractivity contribution in [1.82, 2.24) is 4.98 Å². The number of hydrogen-bond donors (Lipinski definition) is 1. The van der Waals surface area contributed by atoms with Crippen molar-refractivity contribution in [3.63, 3.8) is 0 Å². The number of aromatic nitrogens is 1. The van der Waals surface area contributed by atoms with E-state index in [1.807, 2.05) is 12.1 Å². The summed E-state index contributed by atoms with van der Waals surface area (Å²) in [6.45, 7) is 0. The molecule has 0 unspecified atom stereocenters. The van der Waals surface area contributed by atoms with E-state index >= 15 is 0 Å². The van der Waals surface area contributed by atoms with Crippen LogP contribution in [0.25, 0.3) is 0 Å². The van der Waals surface area contributed by atoms with E-state index in [0.29, 0.717) is 10.7 Å². The van der Waals surface area contributed by atoms with Gasteiger partial charge in [0, 0.05) is 10.3 Å². The molecule has 0 spiro atoms. The highest BCUT2D eigenvalue weighted by Crippen LogP contribution is 2.68. The molecule has 2 amide bonds. The van der Waals surface area contributed by atoms with Gasteiger partial charge >= 0.3 is 4.87 Å². The molecule has 7 rings (SSSR count). The zero-order valence-corrected chi connectivity index (χ0v) is 19.0. The van der Waals surface area contributed by atoms with Gasteiger partial charge in [0.2, 0.25) is 11.8 Å². The molecule has 4 aliphatic rings. The number of aromatic amines is 1. The highest BCUT2D eigenvalue weighted by molar-refractivity contribution is 8.00. The molecule has 9 heteroatoms. The highest BCUT2D eigenvalue weighted by atomic mass is 35.5. The van der Waals surface area contributed by atoms with Crippen LogP contribution >= 0.6 is 34.7 Å². The monoisotopic (exact) mass is 484 g/mol. The number of nitrogens with zero attached hydrogens (tertiary/aromatic N) is 1. The Hall–Kier alpha value is -2.29. The minimum absolute atomic E-state index is 0.0707. The van der Waals surface area contributed by atoms with E-state index in [-0.39, 0.29) is 57.4 Å². The molecule has 2 aromatic heterocycles. The average Bonchev–Trinajstić information content (AvgIpc) is 3.57. The summed E-state index contributed by atoms with van der Waals surface area (Å²) in [7, 11) is 0. The van der Waals surface area contributed by atoms with E-state index in [9.17, 15) is 14.4 Å². The quantitative estimate of drug-likeness (QED) is 0.546. The number of carbonyl (C=O) groups is 2. The molecule has 6 nitrogen and oxygen atoms in total. The Bertz CT molecular complexity index is 1310. The smallest absolute Gasteiger partial charge is 0.305 e. The molecule has 2 aliphatic heterocycles. The number of halogens is 1. The number of nitrogens with one attached hydrogen (secondary N) is 1. The van der Waals surface area contributed by atoms with Gasteiger partial charge in [-0.05, 0) is 60.6 Å². The second kappa shape index (κ2) is 6.62. The third kappa shape index (κ3) is 2.40. The van der Waals surface area contributed by atoms with Crippen LogP contribution in [0.2, 0.25) is 5.02 Å². The number of thioether (sulfide) groups is 1. The zero-order chi connectivity index (χ0) is 21.7. The van der Waals surface area contributed by atoms with Crippen LogP contribution in [-0.4, -0.2) is 22.0 Å². The normalized spacial score (nSPS) is 34.7. The predicted molar refractivity (Wildman–Crippen MR) is 121 cm³/mol. The first-order chi connectivity index (χ1) is 15.5. The van der Waals surface area contributed by atoms with Crippen LogP contribution in [-0.2, 0) is 9.59 Å². The van der Waals surface area contributed by atoms with Gasteiger partial charge in [-0.2, -0.15) is 0 Å². The number of furan rings is 1. The molecule has 0 radical (unpaired) electrons. The molecular formula is C23H17ClN2O4S2. The second-order valence-electron chi connectivity index (χ2n) is 8.96. The summed E-state index contributed by atoms with van der Waals surface area (Å²) < 4.78 is 5.82. The molecule has 162 valence electrons. The molecule has 3 fully saturated rings. The lowest BCUT2D eigenvalue weighted by molar-refractivity contribution is -0.123. The zero-order valence-electron chi connectivity index (χ0n) is 16.6. The Morgan fingerprint density at radius 3 is 2.50 bits per heavy atom. The van der Waals surface area contributed by atoms with Crippen LogP contribution in [0, 0.1) is 29.6 Å². The van der Waals surface area contributed by atoms with Crippen molar-refractivity contribution in [1.29, 1.82) is 0 Å². The summed E-state index contributed by atoms with van der Waals surface area (Å²) in [4.78, 5) is 44.5. The third-order valence-electron chi connectivity index (χ3n) is 7.66. The third-order valence-corrected chi connectivity index (χ3v) is 10.5. The molecule has 1 N–H and O–H groups in total. The van der Waals surface area contributed by atoms with Gasteiger partial charge in [0.1, 0.15) is 5.76 Å². The number of carbonyl (C=O) groups excluding carboxylic acids is 2. The maximum Gasteiger partial charge on any atom is 0.305 e. The summed E-state index contributed by atoms with van der Waals surface area (Å²) in [6, 6.07) is 10.7. The summed E-state index contributed by atoms with van der Waals surface area (Å²) in [5.74, 6) is 0.252. The molecule has 2 bridgehead atoms. The van der Waals surface area contributed by atoms with Crippen LogP contribution < -0.4 is 9.77 Å². The standard InChI is InChI=1S/C23H17ClN2O4S2/c24-9-3-5-10(6-4-9)26-21(27)15-11-8-12(16(15)22(26)28)18-14(11)17(13-2-1-7-30-13)19-20(31-18)25-23(29)32-19/h1-7,11-12,14-18H,8H2,(H,25,29)/t11-,12-,14-,15+,16-,17+,18+/m1/s1. The molecular weight excluding hydrogens is 468 g/mol. The lowest BCUT2D eigenvalue weighted by Crippen LogP contribution is -2.42. The van der Waals surface area contributed by atoms with Crippen LogP contribution in [0.1, 0.15) is 23.0 Å². The molecule has 4 heterocycles. The summed E-state index contributed by atoms with van der Waals surface area (Å²) in [5.41, 5.74) is 0.583. The molecule has 32 heavy (non-hydrogen) atoms. The van der Waals surface area contributed by atoms with E-state index in [2.05, 4.69) is 4.98 Å². The summed E-state index contributed by atoms with van der Waals surface area (Å²) in [6.07, 6.45) is 2.52. The number of rotatable bonds is 2. The van der Waals surface area contributed by atoms with E-state index < -0.39 is 0 Å². The number of H-pyrrole nitrogens is 1. The number of amides is 2. The number of benzene rings is 1. The van der Waals surface area contributed by atoms with Crippen LogP contribution in [0.15, 0.2) is 56.9 Å². The van der Waals surface area contributed by atoms with E-state index in [1.165, 1.54) is 16.2 Å². The first kappa shape index (κ1) is 19.2. The molecule has 1 aromatic carbocycles. The van der Waals surface area contributed by atoms with Gasteiger partial charge in [-0.25, -0.2) is 0 Å². The van der Waals surface area contributed by atoms with Crippen LogP contribution in [0.4, 0.5) is 5.69 Å². The van der Waals surface area contributed by atoms with Gasteiger partial charge in [-0.15, -0.1) is 11.8 Å². The largest absolute Gasteiger partial charge is 0.469 e. The Balaban J connectivity index is 1.32. The first-order valence-corrected chi connectivity index (χ1v) is 12.7. The first-order valence-electron chi connectivity index (χ1n) is 10.6. The molecule has 1 saturated heterocycles. The van der Waals surface area contributed by atoms with E-state index in [1.54, 1.807) is 42.3 Å². The molecule has 2 saturated carbocycles. The SMILES string of the molecule is O=C1[C@@H]2[C@H]3C[C@@H]([C@@H]2C(=O)N1c1ccc(Cl)cc1)[C@@H]1[C@H](c2ccco2)c2sc(=O)[nH]c2S[C@@H]31. The van der Waals surface area contributed by atoms with Crippen molar-refractivity contribution in [3.05, 3.63) is 68.0 Å². The summed E-state index contributed by atoms with van der Waals surface area (Å²) >= 11 is 8.92. The van der Waals surface area contributed by atoms with E-state index in [0.717, 1.165) is 22.1 Å². The topological polar surface area (TPSA) is 83.4 Å². The number of imide groups is 1. The molecule has 7 atom stereocenters. The van der Waals surface area contributed by atoms with Crippen molar-refractivity contribution >= 4 is 52.2 Å².